The van der Waals surface area contributed by atoms with E-state index in [9.17, 15) is 4.79 Å². The molecule has 2 heterocycles. The maximum absolute atomic E-state index is 11.9. The molecule has 0 aromatic carbocycles. The Hall–Kier alpha value is -2.50. The van der Waals surface area contributed by atoms with Crippen LogP contribution in [0.2, 0.25) is 0 Å². The van der Waals surface area contributed by atoms with Crippen molar-refractivity contribution in [3.05, 3.63) is 48.0 Å². The van der Waals surface area contributed by atoms with Crippen LogP contribution < -0.4 is 10.2 Å². The Kier molecular flexibility index (Phi) is 6.02. The Morgan fingerprint density at radius 2 is 1.87 bits per heavy atom. The molecule has 23 heavy (non-hydrogen) atoms. The minimum absolute atomic E-state index is 0.135. The molecule has 0 aliphatic carbocycles. The van der Waals surface area contributed by atoms with Gasteiger partial charge in [-0.05, 0) is 30.0 Å². The van der Waals surface area contributed by atoms with Crippen LogP contribution >= 0.6 is 0 Å². The van der Waals surface area contributed by atoms with Gasteiger partial charge in [0.05, 0.1) is 5.56 Å². The van der Waals surface area contributed by atoms with E-state index in [1.807, 2.05) is 24.1 Å². The normalized spacial score (nSPS) is 10.6. The highest BCUT2D eigenvalue weighted by molar-refractivity contribution is 5.93. The second kappa shape index (κ2) is 8.22. The van der Waals surface area contributed by atoms with E-state index in [0.717, 1.165) is 13.0 Å². The van der Waals surface area contributed by atoms with Crippen LogP contribution in [0.15, 0.2) is 36.9 Å². The van der Waals surface area contributed by atoms with Crippen LogP contribution in [0.1, 0.15) is 29.8 Å². The lowest BCUT2D eigenvalue weighted by Gasteiger charge is -2.17. The first-order chi connectivity index (χ1) is 11.1. The molecular formula is C17H23N5O. The number of anilines is 1. The van der Waals surface area contributed by atoms with Crippen LogP contribution in [-0.4, -0.2) is 41.0 Å². The summed E-state index contributed by atoms with van der Waals surface area (Å²) in [4.78, 5) is 26.5. The lowest BCUT2D eigenvalue weighted by molar-refractivity contribution is 0.0948. The van der Waals surface area contributed by atoms with Crippen molar-refractivity contribution < 1.29 is 4.79 Å². The minimum atomic E-state index is -0.135. The van der Waals surface area contributed by atoms with Crippen molar-refractivity contribution >= 4 is 11.9 Å². The van der Waals surface area contributed by atoms with E-state index in [-0.39, 0.29) is 5.91 Å². The second-order valence-electron chi connectivity index (χ2n) is 5.90. The molecule has 2 aromatic heterocycles. The SMILES string of the molecule is CC(C)CNC(=O)c1cnc(N(C)CCc2ccncc2)nc1. The summed E-state index contributed by atoms with van der Waals surface area (Å²) >= 11 is 0. The fourth-order valence-electron chi connectivity index (χ4n) is 1.98. The number of nitrogens with one attached hydrogen (secondary N) is 1. The highest BCUT2D eigenvalue weighted by Gasteiger charge is 2.09. The third-order valence-electron chi connectivity index (χ3n) is 3.40. The quantitative estimate of drug-likeness (QED) is 0.846. The van der Waals surface area contributed by atoms with Crippen molar-refractivity contribution in [2.24, 2.45) is 5.92 Å². The Morgan fingerprint density at radius 3 is 2.48 bits per heavy atom. The van der Waals surface area contributed by atoms with E-state index in [1.165, 1.54) is 5.56 Å². The zero-order valence-corrected chi connectivity index (χ0v) is 13.9. The summed E-state index contributed by atoms with van der Waals surface area (Å²) in [6.07, 6.45) is 7.60. The largest absolute Gasteiger partial charge is 0.352 e. The van der Waals surface area contributed by atoms with Crippen molar-refractivity contribution in [2.75, 3.05) is 25.0 Å². The van der Waals surface area contributed by atoms with Gasteiger partial charge < -0.3 is 10.2 Å². The first-order valence-corrected chi connectivity index (χ1v) is 7.76. The zero-order chi connectivity index (χ0) is 16.7. The summed E-state index contributed by atoms with van der Waals surface area (Å²) in [6, 6.07) is 3.99. The van der Waals surface area contributed by atoms with Crippen molar-refractivity contribution in [2.45, 2.75) is 20.3 Å². The van der Waals surface area contributed by atoms with Gasteiger partial charge >= 0.3 is 0 Å². The summed E-state index contributed by atoms with van der Waals surface area (Å²) in [7, 11) is 1.94. The van der Waals surface area contributed by atoms with E-state index in [0.29, 0.717) is 24.0 Å². The van der Waals surface area contributed by atoms with E-state index >= 15 is 0 Å². The summed E-state index contributed by atoms with van der Waals surface area (Å²) < 4.78 is 0. The Balaban J connectivity index is 1.89. The van der Waals surface area contributed by atoms with Crippen molar-refractivity contribution in [1.82, 2.24) is 20.3 Å². The molecule has 0 fully saturated rings. The van der Waals surface area contributed by atoms with Gasteiger partial charge in [0, 0.05) is 44.9 Å². The number of nitrogens with zero attached hydrogens (tertiary/aromatic N) is 4. The van der Waals surface area contributed by atoms with Crippen LogP contribution in [-0.2, 0) is 6.42 Å². The van der Waals surface area contributed by atoms with Gasteiger partial charge in [0.15, 0.2) is 0 Å². The van der Waals surface area contributed by atoms with Crippen LogP contribution in [0.3, 0.4) is 0 Å². The number of aromatic nitrogens is 3. The molecule has 0 bridgehead atoms. The lowest BCUT2D eigenvalue weighted by atomic mass is 10.2. The summed E-state index contributed by atoms with van der Waals surface area (Å²) in [5, 5.41) is 2.86. The van der Waals surface area contributed by atoms with Gasteiger partial charge in [0.25, 0.3) is 5.91 Å². The third-order valence-corrected chi connectivity index (χ3v) is 3.40. The average Bonchev–Trinajstić information content (AvgIpc) is 2.58. The van der Waals surface area contributed by atoms with Gasteiger partial charge in [0.1, 0.15) is 0 Å². The topological polar surface area (TPSA) is 71.0 Å². The van der Waals surface area contributed by atoms with Crippen LogP contribution in [0, 0.1) is 5.92 Å². The first-order valence-electron chi connectivity index (χ1n) is 7.76. The fraction of sp³-hybridized carbons (Fsp3) is 0.412. The molecule has 0 saturated heterocycles. The molecule has 0 radical (unpaired) electrons. The molecule has 1 N–H and O–H groups in total. The predicted octanol–water partition coefficient (Wildman–Crippen LogP) is 1.94. The van der Waals surface area contributed by atoms with Crippen LogP contribution in [0.5, 0.6) is 0 Å². The number of likely N-dealkylation sites (N-methyl/N-ethyl adjacent to an activating group) is 1. The lowest BCUT2D eigenvalue weighted by Crippen LogP contribution is -2.28. The number of rotatable bonds is 7. The van der Waals surface area contributed by atoms with Crippen LogP contribution in [0.4, 0.5) is 5.95 Å². The maximum Gasteiger partial charge on any atom is 0.254 e. The molecule has 0 aliphatic heterocycles. The van der Waals surface area contributed by atoms with E-state index < -0.39 is 0 Å². The molecule has 2 rings (SSSR count). The third kappa shape index (κ3) is 5.32. The maximum atomic E-state index is 11.9. The van der Waals surface area contributed by atoms with Crippen molar-refractivity contribution in [3.63, 3.8) is 0 Å². The molecule has 6 heteroatoms. The molecule has 2 aromatic rings. The molecule has 6 nitrogen and oxygen atoms in total. The number of carbonyl (C=O) groups excluding carboxylic acids is 1. The Morgan fingerprint density at radius 1 is 1.22 bits per heavy atom. The Labute approximate surface area is 137 Å². The number of hydrogen-bond acceptors (Lipinski definition) is 5. The minimum Gasteiger partial charge on any atom is -0.352 e. The van der Waals surface area contributed by atoms with Gasteiger partial charge in [-0.1, -0.05) is 13.8 Å². The standard InChI is InChI=1S/C17H23N5O/c1-13(2)10-19-16(23)15-11-20-17(21-12-15)22(3)9-6-14-4-7-18-8-5-14/h4-5,7-8,11-13H,6,9-10H2,1-3H3,(H,19,23). The van der Waals surface area contributed by atoms with Gasteiger partial charge in [-0.3, -0.25) is 9.78 Å². The van der Waals surface area contributed by atoms with Gasteiger partial charge in [0.2, 0.25) is 5.95 Å². The fourth-order valence-corrected chi connectivity index (χ4v) is 1.98. The molecule has 0 aliphatic rings. The number of hydrogen-bond donors (Lipinski definition) is 1. The molecular weight excluding hydrogens is 290 g/mol. The average molecular weight is 313 g/mol. The molecule has 0 unspecified atom stereocenters. The van der Waals surface area contributed by atoms with E-state index in [1.54, 1.807) is 24.8 Å². The molecule has 0 spiro atoms. The van der Waals surface area contributed by atoms with E-state index in [4.69, 9.17) is 0 Å². The monoisotopic (exact) mass is 313 g/mol. The van der Waals surface area contributed by atoms with E-state index in [2.05, 4.69) is 34.1 Å². The van der Waals surface area contributed by atoms with Crippen LogP contribution in [0.25, 0.3) is 0 Å². The Bertz CT molecular complexity index is 613. The zero-order valence-electron chi connectivity index (χ0n) is 13.9. The summed E-state index contributed by atoms with van der Waals surface area (Å²) in [5.74, 6) is 0.891. The highest BCUT2D eigenvalue weighted by Crippen LogP contribution is 2.07. The number of pyridine rings is 1. The second-order valence-corrected chi connectivity index (χ2v) is 5.90. The van der Waals surface area contributed by atoms with Gasteiger partial charge in [-0.25, -0.2) is 9.97 Å². The van der Waals surface area contributed by atoms with Crippen molar-refractivity contribution in [3.8, 4) is 0 Å². The molecule has 0 saturated carbocycles. The van der Waals surface area contributed by atoms with Gasteiger partial charge in [-0.2, -0.15) is 0 Å². The predicted molar refractivity (Wildman–Crippen MR) is 90.4 cm³/mol. The summed E-state index contributed by atoms with van der Waals surface area (Å²) in [6.45, 7) is 5.55. The molecule has 0 atom stereocenters. The smallest absolute Gasteiger partial charge is 0.254 e. The number of amides is 1. The molecule has 122 valence electrons. The van der Waals surface area contributed by atoms with Gasteiger partial charge in [-0.15, -0.1) is 0 Å². The first kappa shape index (κ1) is 16.9. The highest BCUT2D eigenvalue weighted by atomic mass is 16.1. The van der Waals surface area contributed by atoms with Crippen molar-refractivity contribution in [1.29, 1.82) is 0 Å². The number of carbonyl (C=O) groups is 1. The summed E-state index contributed by atoms with van der Waals surface area (Å²) in [5.41, 5.74) is 1.70. The molecule has 1 amide bonds.